The summed E-state index contributed by atoms with van der Waals surface area (Å²) in [7, 11) is 2.02. The Balaban J connectivity index is 1.53. The van der Waals surface area contributed by atoms with E-state index in [1.165, 1.54) is 11.1 Å². The SMILES string of the molecule is Cc1ccc(CNC(=O)c2ccc3c(c2)N(C)[C@@H]2CCCCN2C3=O)cc1C. The predicted octanol–water partition coefficient (Wildman–Crippen LogP) is 3.64. The molecular formula is C23H27N3O2. The van der Waals surface area contributed by atoms with E-state index < -0.39 is 0 Å². The quantitative estimate of drug-likeness (QED) is 0.889. The van der Waals surface area contributed by atoms with Gasteiger partial charge in [-0.25, -0.2) is 0 Å². The number of hydrogen-bond donors (Lipinski definition) is 1. The van der Waals surface area contributed by atoms with Crippen LogP contribution >= 0.6 is 0 Å². The fourth-order valence-electron chi connectivity index (χ4n) is 4.21. The Hall–Kier alpha value is -2.82. The van der Waals surface area contributed by atoms with E-state index in [2.05, 4.69) is 36.2 Å². The van der Waals surface area contributed by atoms with Gasteiger partial charge in [0, 0.05) is 25.7 Å². The molecule has 2 amide bonds. The lowest BCUT2D eigenvalue weighted by Crippen LogP contribution is -2.55. The van der Waals surface area contributed by atoms with Crippen molar-refractivity contribution in [3.63, 3.8) is 0 Å². The number of amides is 2. The van der Waals surface area contributed by atoms with Gasteiger partial charge in [-0.2, -0.15) is 0 Å². The van der Waals surface area contributed by atoms with Gasteiger partial charge in [0.15, 0.2) is 0 Å². The van der Waals surface area contributed by atoms with Crippen molar-refractivity contribution in [2.75, 3.05) is 18.5 Å². The average molecular weight is 377 g/mol. The smallest absolute Gasteiger partial charge is 0.257 e. The topological polar surface area (TPSA) is 52.7 Å². The summed E-state index contributed by atoms with van der Waals surface area (Å²) in [5, 5.41) is 3.00. The van der Waals surface area contributed by atoms with Gasteiger partial charge in [0.1, 0.15) is 6.17 Å². The highest BCUT2D eigenvalue weighted by molar-refractivity contribution is 6.04. The van der Waals surface area contributed by atoms with Crippen LogP contribution in [0.3, 0.4) is 0 Å². The van der Waals surface area contributed by atoms with Crippen molar-refractivity contribution < 1.29 is 9.59 Å². The van der Waals surface area contributed by atoms with Gasteiger partial charge in [-0.15, -0.1) is 0 Å². The third-order valence-corrected chi connectivity index (χ3v) is 6.07. The lowest BCUT2D eigenvalue weighted by Gasteiger charge is -2.46. The maximum atomic E-state index is 12.8. The predicted molar refractivity (Wildman–Crippen MR) is 111 cm³/mol. The molecule has 1 atom stereocenters. The van der Waals surface area contributed by atoms with E-state index in [1.54, 1.807) is 12.1 Å². The van der Waals surface area contributed by atoms with E-state index in [4.69, 9.17) is 0 Å². The van der Waals surface area contributed by atoms with Crippen molar-refractivity contribution in [2.24, 2.45) is 0 Å². The van der Waals surface area contributed by atoms with Crippen LogP contribution in [0.5, 0.6) is 0 Å². The van der Waals surface area contributed by atoms with E-state index in [0.29, 0.717) is 17.7 Å². The summed E-state index contributed by atoms with van der Waals surface area (Å²) in [6.07, 6.45) is 3.27. The Morgan fingerprint density at radius 2 is 1.93 bits per heavy atom. The standard InChI is InChI=1S/C23H27N3O2/c1-15-7-8-17(12-16(15)2)14-24-22(27)18-9-10-19-20(13-18)25(3)21-6-4-5-11-26(21)23(19)28/h7-10,12-13,21H,4-6,11,14H2,1-3H3,(H,24,27)/t21-/m0/s1. The average Bonchev–Trinajstić information content (AvgIpc) is 2.72. The summed E-state index contributed by atoms with van der Waals surface area (Å²) in [6.45, 7) is 5.45. The summed E-state index contributed by atoms with van der Waals surface area (Å²) in [6, 6.07) is 11.6. The van der Waals surface area contributed by atoms with Crippen LogP contribution in [0.15, 0.2) is 36.4 Å². The van der Waals surface area contributed by atoms with Gasteiger partial charge in [-0.1, -0.05) is 18.2 Å². The minimum absolute atomic E-state index is 0.0832. The van der Waals surface area contributed by atoms with Gasteiger partial charge in [0.05, 0.1) is 11.3 Å². The molecule has 0 saturated carbocycles. The van der Waals surface area contributed by atoms with Crippen molar-refractivity contribution in [1.82, 2.24) is 10.2 Å². The molecule has 1 saturated heterocycles. The molecule has 0 spiro atoms. The second kappa shape index (κ2) is 7.30. The molecule has 28 heavy (non-hydrogen) atoms. The zero-order valence-corrected chi connectivity index (χ0v) is 16.8. The zero-order valence-electron chi connectivity index (χ0n) is 16.8. The van der Waals surface area contributed by atoms with Crippen LogP contribution in [-0.4, -0.2) is 36.5 Å². The molecule has 0 aliphatic carbocycles. The van der Waals surface area contributed by atoms with Gasteiger partial charge >= 0.3 is 0 Å². The van der Waals surface area contributed by atoms with E-state index >= 15 is 0 Å². The minimum atomic E-state index is -0.118. The third kappa shape index (κ3) is 3.26. The second-order valence-corrected chi connectivity index (χ2v) is 7.92. The lowest BCUT2D eigenvalue weighted by molar-refractivity contribution is 0.0589. The van der Waals surface area contributed by atoms with Gasteiger partial charge in [0.25, 0.3) is 11.8 Å². The van der Waals surface area contributed by atoms with Gasteiger partial charge in [0.2, 0.25) is 0 Å². The maximum Gasteiger partial charge on any atom is 0.257 e. The van der Waals surface area contributed by atoms with Crippen molar-refractivity contribution in [3.8, 4) is 0 Å². The van der Waals surface area contributed by atoms with E-state index in [-0.39, 0.29) is 18.0 Å². The number of carbonyl (C=O) groups is 2. The third-order valence-electron chi connectivity index (χ3n) is 6.07. The molecule has 2 aliphatic rings. The van der Waals surface area contributed by atoms with Crippen LogP contribution in [0.25, 0.3) is 0 Å². The van der Waals surface area contributed by atoms with E-state index in [0.717, 1.165) is 37.1 Å². The first-order chi connectivity index (χ1) is 13.5. The van der Waals surface area contributed by atoms with Gasteiger partial charge < -0.3 is 15.1 Å². The molecule has 2 aliphatic heterocycles. The Bertz CT molecular complexity index is 937. The van der Waals surface area contributed by atoms with E-state index in [9.17, 15) is 9.59 Å². The molecule has 5 heteroatoms. The number of nitrogens with one attached hydrogen (secondary N) is 1. The van der Waals surface area contributed by atoms with Crippen LogP contribution in [-0.2, 0) is 6.54 Å². The van der Waals surface area contributed by atoms with Crippen LogP contribution in [0.4, 0.5) is 5.69 Å². The zero-order chi connectivity index (χ0) is 19.8. The first-order valence-electron chi connectivity index (χ1n) is 9.98. The summed E-state index contributed by atoms with van der Waals surface area (Å²) < 4.78 is 0. The Kier molecular flexibility index (Phi) is 4.84. The molecule has 2 heterocycles. The summed E-state index contributed by atoms with van der Waals surface area (Å²) in [5.74, 6) is -0.0344. The van der Waals surface area contributed by atoms with Crippen LogP contribution in [0.2, 0.25) is 0 Å². The number of piperidine rings is 1. The molecular weight excluding hydrogens is 350 g/mol. The summed E-state index contributed by atoms with van der Waals surface area (Å²) in [5.41, 5.74) is 5.68. The highest BCUT2D eigenvalue weighted by atomic mass is 16.2. The molecule has 5 nitrogen and oxygen atoms in total. The molecule has 146 valence electrons. The fourth-order valence-corrected chi connectivity index (χ4v) is 4.21. The van der Waals surface area contributed by atoms with Crippen molar-refractivity contribution >= 4 is 17.5 Å². The van der Waals surface area contributed by atoms with Crippen molar-refractivity contribution in [1.29, 1.82) is 0 Å². The summed E-state index contributed by atoms with van der Waals surface area (Å²) >= 11 is 0. The fraction of sp³-hybridized carbons (Fsp3) is 0.391. The Morgan fingerprint density at radius 1 is 1.11 bits per heavy atom. The first kappa shape index (κ1) is 18.5. The maximum absolute atomic E-state index is 12.8. The number of hydrogen-bond acceptors (Lipinski definition) is 3. The molecule has 0 aromatic heterocycles. The number of aryl methyl sites for hydroxylation is 2. The van der Waals surface area contributed by atoms with Gasteiger partial charge in [-0.3, -0.25) is 9.59 Å². The second-order valence-electron chi connectivity index (χ2n) is 7.92. The number of nitrogens with zero attached hydrogens (tertiary/aromatic N) is 2. The molecule has 0 bridgehead atoms. The van der Waals surface area contributed by atoms with Crippen LogP contribution in [0.1, 0.15) is 56.7 Å². The molecule has 2 aromatic carbocycles. The minimum Gasteiger partial charge on any atom is -0.354 e. The number of rotatable bonds is 3. The monoisotopic (exact) mass is 377 g/mol. The molecule has 0 radical (unpaired) electrons. The normalized spacial score (nSPS) is 18.5. The van der Waals surface area contributed by atoms with Crippen LogP contribution < -0.4 is 10.2 Å². The largest absolute Gasteiger partial charge is 0.354 e. The first-order valence-corrected chi connectivity index (χ1v) is 9.98. The number of carbonyl (C=O) groups excluding carboxylic acids is 2. The molecule has 2 aromatic rings. The molecule has 1 fully saturated rings. The Labute approximate surface area is 166 Å². The van der Waals surface area contributed by atoms with Crippen molar-refractivity contribution in [2.45, 2.75) is 45.8 Å². The lowest BCUT2D eigenvalue weighted by atomic mass is 9.97. The van der Waals surface area contributed by atoms with Crippen molar-refractivity contribution in [3.05, 3.63) is 64.2 Å². The number of fused-ring (bicyclic) bond motifs is 2. The number of anilines is 1. The molecule has 1 N–H and O–H groups in total. The van der Waals surface area contributed by atoms with E-state index in [1.807, 2.05) is 24.1 Å². The highest BCUT2D eigenvalue weighted by Gasteiger charge is 2.37. The molecule has 4 rings (SSSR count). The highest BCUT2D eigenvalue weighted by Crippen LogP contribution is 2.34. The number of benzene rings is 2. The molecule has 0 unspecified atom stereocenters. The Morgan fingerprint density at radius 3 is 2.71 bits per heavy atom. The van der Waals surface area contributed by atoms with Crippen LogP contribution in [0, 0.1) is 13.8 Å². The van der Waals surface area contributed by atoms with Gasteiger partial charge in [-0.05, 0) is 68.0 Å². The summed E-state index contributed by atoms with van der Waals surface area (Å²) in [4.78, 5) is 29.7.